The predicted octanol–water partition coefficient (Wildman–Crippen LogP) is 2.72. The number of carbonyl (C=O) groups is 2. The minimum absolute atomic E-state index is 0.346. The van der Waals surface area contributed by atoms with Crippen LogP contribution in [0.1, 0.15) is 55.4 Å². The standard InChI is InChI=1S/C19H33N5O4/c1-10-11-24(12-14(2)20-22-16(25)27-18(4,5)6)13-15(3)21-23-17(26)28-19(7,8)9/h1H,11-13H2,2-9H3,(H,22,25)(H,23,26)/b20-14+,21-15+. The van der Waals surface area contributed by atoms with Crippen molar-refractivity contribution < 1.29 is 19.1 Å². The molecule has 28 heavy (non-hydrogen) atoms. The quantitative estimate of drug-likeness (QED) is 0.392. The fraction of sp³-hybridized carbons (Fsp3) is 0.684. The highest BCUT2D eigenvalue weighted by Gasteiger charge is 2.17. The topological polar surface area (TPSA) is 105 Å². The van der Waals surface area contributed by atoms with E-state index in [1.807, 2.05) is 4.90 Å². The molecule has 0 radical (unpaired) electrons. The number of carbonyl (C=O) groups excluding carboxylic acids is 2. The Kier molecular flexibility index (Phi) is 10.2. The van der Waals surface area contributed by atoms with Crippen LogP contribution in [0.5, 0.6) is 0 Å². The molecule has 2 amide bonds. The van der Waals surface area contributed by atoms with Crippen molar-refractivity contribution in [2.24, 2.45) is 10.2 Å². The van der Waals surface area contributed by atoms with Crippen molar-refractivity contribution in [2.75, 3.05) is 19.6 Å². The third-order valence-corrected chi connectivity index (χ3v) is 2.69. The lowest BCUT2D eigenvalue weighted by Gasteiger charge is -2.21. The van der Waals surface area contributed by atoms with Crippen molar-refractivity contribution in [1.29, 1.82) is 0 Å². The first-order valence-corrected chi connectivity index (χ1v) is 8.92. The van der Waals surface area contributed by atoms with Gasteiger partial charge in [0.15, 0.2) is 0 Å². The number of rotatable bonds is 7. The van der Waals surface area contributed by atoms with E-state index in [4.69, 9.17) is 15.9 Å². The van der Waals surface area contributed by atoms with Crippen LogP contribution in [-0.4, -0.2) is 59.3 Å². The fourth-order valence-electron chi connectivity index (χ4n) is 1.90. The SMILES string of the molecule is C#CCN(C/C(C)=N/NC(=O)OC(C)(C)C)C/C(C)=N/NC(=O)OC(C)(C)C. The molecule has 0 atom stereocenters. The molecule has 0 aromatic rings. The summed E-state index contributed by atoms with van der Waals surface area (Å²) in [5, 5.41) is 8.01. The van der Waals surface area contributed by atoms with E-state index in [2.05, 4.69) is 27.0 Å². The summed E-state index contributed by atoms with van der Waals surface area (Å²) in [7, 11) is 0. The van der Waals surface area contributed by atoms with Crippen molar-refractivity contribution in [3.8, 4) is 12.3 Å². The summed E-state index contributed by atoms with van der Waals surface area (Å²) in [5.41, 5.74) is 4.76. The molecular weight excluding hydrogens is 362 g/mol. The number of nitrogens with one attached hydrogen (secondary N) is 2. The van der Waals surface area contributed by atoms with Gasteiger partial charge in [0.1, 0.15) is 11.2 Å². The predicted molar refractivity (Wildman–Crippen MR) is 110 cm³/mol. The number of terminal acetylenes is 1. The first kappa shape index (κ1) is 25.4. The molecule has 0 rings (SSSR count). The fourth-order valence-corrected chi connectivity index (χ4v) is 1.90. The van der Waals surface area contributed by atoms with Crippen LogP contribution in [-0.2, 0) is 9.47 Å². The van der Waals surface area contributed by atoms with Crippen molar-refractivity contribution in [3.63, 3.8) is 0 Å². The average Bonchev–Trinajstić information content (AvgIpc) is 2.48. The minimum atomic E-state index is -0.630. The molecule has 9 nitrogen and oxygen atoms in total. The summed E-state index contributed by atoms with van der Waals surface area (Å²) in [5.74, 6) is 2.56. The molecule has 0 heterocycles. The highest BCUT2D eigenvalue weighted by molar-refractivity contribution is 5.87. The molecule has 9 heteroatoms. The lowest BCUT2D eigenvalue weighted by molar-refractivity contribution is 0.0518. The van der Waals surface area contributed by atoms with Gasteiger partial charge in [-0.1, -0.05) is 5.92 Å². The molecule has 0 saturated heterocycles. The molecule has 0 aliphatic carbocycles. The van der Waals surface area contributed by atoms with E-state index in [0.29, 0.717) is 31.1 Å². The molecule has 158 valence electrons. The Morgan fingerprint density at radius 3 is 1.54 bits per heavy atom. The van der Waals surface area contributed by atoms with Gasteiger partial charge in [-0.15, -0.1) is 6.42 Å². The van der Waals surface area contributed by atoms with E-state index < -0.39 is 23.4 Å². The molecule has 2 N–H and O–H groups in total. The molecule has 0 spiro atoms. The van der Waals surface area contributed by atoms with Crippen molar-refractivity contribution in [3.05, 3.63) is 0 Å². The van der Waals surface area contributed by atoms with Gasteiger partial charge in [-0.2, -0.15) is 10.2 Å². The molecule has 0 aromatic carbocycles. The van der Waals surface area contributed by atoms with Gasteiger partial charge in [-0.3, -0.25) is 4.90 Å². The zero-order chi connectivity index (χ0) is 22.0. The molecule has 0 bridgehead atoms. The van der Waals surface area contributed by atoms with E-state index >= 15 is 0 Å². The van der Waals surface area contributed by atoms with Gasteiger partial charge in [0.2, 0.25) is 0 Å². The Morgan fingerprint density at radius 1 is 0.893 bits per heavy atom. The summed E-state index contributed by atoms with van der Waals surface area (Å²) in [6.45, 7) is 15.3. The summed E-state index contributed by atoms with van der Waals surface area (Å²) < 4.78 is 10.2. The summed E-state index contributed by atoms with van der Waals surface area (Å²) in [6, 6.07) is 0. The highest BCUT2D eigenvalue weighted by atomic mass is 16.6. The molecule has 0 aromatic heterocycles. The summed E-state index contributed by atoms with van der Waals surface area (Å²) >= 11 is 0. The number of hydrazone groups is 2. The Hall–Kier alpha value is -2.60. The molecular formula is C19H33N5O4. The van der Waals surface area contributed by atoms with E-state index in [0.717, 1.165) is 0 Å². The zero-order valence-corrected chi connectivity index (χ0v) is 18.2. The van der Waals surface area contributed by atoms with Crippen LogP contribution >= 0.6 is 0 Å². The van der Waals surface area contributed by atoms with Crippen molar-refractivity contribution in [2.45, 2.75) is 66.6 Å². The second kappa shape index (κ2) is 11.3. The van der Waals surface area contributed by atoms with Gasteiger partial charge in [0.25, 0.3) is 0 Å². The first-order valence-electron chi connectivity index (χ1n) is 8.92. The Morgan fingerprint density at radius 2 is 1.25 bits per heavy atom. The van der Waals surface area contributed by atoms with Crippen LogP contribution in [0.15, 0.2) is 10.2 Å². The number of hydrogen-bond donors (Lipinski definition) is 2. The van der Waals surface area contributed by atoms with E-state index in [9.17, 15) is 9.59 Å². The van der Waals surface area contributed by atoms with E-state index in [-0.39, 0.29) is 0 Å². The molecule has 0 unspecified atom stereocenters. The van der Waals surface area contributed by atoms with Crippen molar-refractivity contribution in [1.82, 2.24) is 15.8 Å². The first-order chi connectivity index (χ1) is 12.7. The van der Waals surface area contributed by atoms with E-state index in [1.165, 1.54) is 0 Å². The lowest BCUT2D eigenvalue weighted by atomic mass is 10.2. The molecule has 0 aliphatic rings. The lowest BCUT2D eigenvalue weighted by Crippen LogP contribution is -2.36. The van der Waals surface area contributed by atoms with Crippen molar-refractivity contribution >= 4 is 23.6 Å². The highest BCUT2D eigenvalue weighted by Crippen LogP contribution is 2.07. The largest absolute Gasteiger partial charge is 0.443 e. The maximum Gasteiger partial charge on any atom is 0.428 e. The minimum Gasteiger partial charge on any atom is -0.443 e. The Balaban J connectivity index is 4.71. The van der Waals surface area contributed by atoms with Gasteiger partial charge >= 0.3 is 12.2 Å². The van der Waals surface area contributed by atoms with Crippen LogP contribution in [0.4, 0.5) is 9.59 Å². The number of ether oxygens (including phenoxy) is 2. The van der Waals surface area contributed by atoms with Gasteiger partial charge < -0.3 is 9.47 Å². The van der Waals surface area contributed by atoms with Crippen LogP contribution < -0.4 is 10.9 Å². The Labute approximate surface area is 167 Å². The summed E-state index contributed by atoms with van der Waals surface area (Å²) in [6.07, 6.45) is 4.15. The molecule has 0 saturated carbocycles. The monoisotopic (exact) mass is 395 g/mol. The average molecular weight is 396 g/mol. The van der Waals surface area contributed by atoms with Crippen LogP contribution in [0.25, 0.3) is 0 Å². The molecule has 0 fully saturated rings. The second-order valence-electron chi connectivity index (χ2n) is 8.27. The Bertz CT molecular complexity index is 588. The third-order valence-electron chi connectivity index (χ3n) is 2.69. The number of nitrogens with zero attached hydrogens (tertiary/aromatic N) is 3. The normalized spacial score (nSPS) is 13.0. The second-order valence-corrected chi connectivity index (χ2v) is 8.27. The maximum absolute atomic E-state index is 11.6. The van der Waals surface area contributed by atoms with Crippen LogP contribution in [0, 0.1) is 12.3 Å². The van der Waals surface area contributed by atoms with Gasteiger partial charge in [-0.05, 0) is 55.4 Å². The third kappa shape index (κ3) is 14.6. The number of amides is 2. The van der Waals surface area contributed by atoms with Crippen LogP contribution in [0.2, 0.25) is 0 Å². The van der Waals surface area contributed by atoms with E-state index in [1.54, 1.807) is 55.4 Å². The maximum atomic E-state index is 11.6. The smallest absolute Gasteiger partial charge is 0.428 e. The zero-order valence-electron chi connectivity index (χ0n) is 18.2. The van der Waals surface area contributed by atoms with Gasteiger partial charge in [0, 0.05) is 24.5 Å². The van der Waals surface area contributed by atoms with Crippen LogP contribution in [0.3, 0.4) is 0 Å². The van der Waals surface area contributed by atoms with Gasteiger partial charge in [-0.25, -0.2) is 20.4 Å². The van der Waals surface area contributed by atoms with Gasteiger partial charge in [0.05, 0.1) is 6.54 Å². The molecule has 0 aliphatic heterocycles. The summed E-state index contributed by atoms with van der Waals surface area (Å²) in [4.78, 5) is 25.2. The number of hydrogen-bond acceptors (Lipinski definition) is 7.